The Hall–Kier alpha value is -3.08. The number of nitrogens with one attached hydrogen (secondary N) is 2. The zero-order valence-corrected chi connectivity index (χ0v) is 17.0. The number of ether oxygens (including phenoxy) is 1. The van der Waals surface area contributed by atoms with E-state index in [1.54, 1.807) is 6.07 Å². The number of nitriles is 1. The molecule has 152 valence electrons. The summed E-state index contributed by atoms with van der Waals surface area (Å²) in [6.45, 7) is -0.112. The Bertz CT molecular complexity index is 1170. The molecular weight excluding hydrogens is 430 g/mol. The maximum Gasteiger partial charge on any atom is 0.271 e. The molecule has 3 aromatic rings. The van der Waals surface area contributed by atoms with Crippen LogP contribution >= 0.6 is 23.2 Å². The summed E-state index contributed by atoms with van der Waals surface area (Å²) < 4.78 is 20.8. The Balaban J connectivity index is 1.56. The van der Waals surface area contributed by atoms with Crippen molar-refractivity contribution < 1.29 is 13.9 Å². The number of aromatic nitrogens is 2. The number of amides is 1. The minimum atomic E-state index is -0.700. The van der Waals surface area contributed by atoms with E-state index in [9.17, 15) is 10.1 Å². The first-order chi connectivity index (χ1) is 14.5. The van der Waals surface area contributed by atoms with Gasteiger partial charge in [0.2, 0.25) is 0 Å². The zero-order chi connectivity index (χ0) is 21.3. The van der Waals surface area contributed by atoms with Gasteiger partial charge < -0.3 is 15.0 Å². The van der Waals surface area contributed by atoms with Crippen molar-refractivity contribution in [2.45, 2.75) is 25.3 Å². The molecule has 0 atom stereocenters. The van der Waals surface area contributed by atoms with Crippen LogP contribution in [0.2, 0.25) is 10.2 Å². The molecule has 1 saturated carbocycles. The Kier molecular flexibility index (Phi) is 5.62. The molecule has 9 heteroatoms. The highest BCUT2D eigenvalue weighted by atomic mass is 35.5. The van der Waals surface area contributed by atoms with Gasteiger partial charge in [-0.25, -0.2) is 9.37 Å². The van der Waals surface area contributed by atoms with Crippen molar-refractivity contribution in [3.8, 4) is 17.6 Å². The van der Waals surface area contributed by atoms with Crippen LogP contribution in [0.5, 0.6) is 11.5 Å². The van der Waals surface area contributed by atoms with Gasteiger partial charge in [0, 0.05) is 12.1 Å². The molecule has 0 radical (unpaired) electrons. The molecule has 2 N–H and O–H groups in total. The number of hydrogen-bond acceptors (Lipinski definition) is 4. The van der Waals surface area contributed by atoms with E-state index >= 15 is 4.39 Å². The second-order valence-corrected chi connectivity index (χ2v) is 7.64. The monoisotopic (exact) mass is 444 g/mol. The SMILES string of the molecule is N#Cc1cc(Oc2c(Cl)ccc(CNC(=O)c3[nH]cnc3Cl)c2F)cc(C2CC2)c1. The lowest BCUT2D eigenvalue weighted by Crippen LogP contribution is -2.24. The van der Waals surface area contributed by atoms with Crippen molar-refractivity contribution in [2.75, 3.05) is 0 Å². The maximum absolute atomic E-state index is 15.1. The number of benzene rings is 2. The van der Waals surface area contributed by atoms with Crippen LogP contribution < -0.4 is 10.1 Å². The fourth-order valence-corrected chi connectivity index (χ4v) is 3.39. The lowest BCUT2D eigenvalue weighted by Gasteiger charge is -2.13. The van der Waals surface area contributed by atoms with Crippen molar-refractivity contribution in [3.63, 3.8) is 0 Å². The minimum Gasteiger partial charge on any atom is -0.453 e. The second-order valence-electron chi connectivity index (χ2n) is 6.88. The quantitative estimate of drug-likeness (QED) is 0.537. The summed E-state index contributed by atoms with van der Waals surface area (Å²) in [6, 6.07) is 10.2. The van der Waals surface area contributed by atoms with E-state index in [-0.39, 0.29) is 33.7 Å². The summed E-state index contributed by atoms with van der Waals surface area (Å²) in [6.07, 6.45) is 3.40. The molecule has 0 aliphatic heterocycles. The van der Waals surface area contributed by atoms with Crippen LogP contribution in [0.15, 0.2) is 36.7 Å². The first-order valence-corrected chi connectivity index (χ1v) is 9.88. The number of carbonyl (C=O) groups excluding carboxylic acids is 1. The maximum atomic E-state index is 15.1. The molecular formula is C21H15Cl2FN4O2. The highest BCUT2D eigenvalue weighted by Gasteiger charge is 2.25. The van der Waals surface area contributed by atoms with E-state index in [0.717, 1.165) is 18.4 Å². The van der Waals surface area contributed by atoms with Gasteiger partial charge in [0.05, 0.1) is 23.0 Å². The summed E-state index contributed by atoms with van der Waals surface area (Å²) in [5.74, 6) is -0.655. The predicted molar refractivity (Wildman–Crippen MR) is 109 cm³/mol. The molecule has 30 heavy (non-hydrogen) atoms. The first kappa shape index (κ1) is 20.2. The van der Waals surface area contributed by atoms with Crippen LogP contribution in [0.4, 0.5) is 4.39 Å². The fourth-order valence-electron chi connectivity index (χ4n) is 3.02. The highest BCUT2D eigenvalue weighted by Crippen LogP contribution is 2.42. The lowest BCUT2D eigenvalue weighted by molar-refractivity contribution is 0.0946. The number of nitrogens with zero attached hydrogens (tertiary/aromatic N) is 2. The number of H-pyrrole nitrogens is 1. The molecule has 1 heterocycles. The molecule has 0 saturated heterocycles. The summed E-state index contributed by atoms with van der Waals surface area (Å²) >= 11 is 12.0. The smallest absolute Gasteiger partial charge is 0.271 e. The van der Waals surface area contributed by atoms with Gasteiger partial charge in [0.15, 0.2) is 16.7 Å². The van der Waals surface area contributed by atoms with Gasteiger partial charge in [0.1, 0.15) is 11.4 Å². The second kappa shape index (κ2) is 8.34. The van der Waals surface area contributed by atoms with Crippen LogP contribution in [0.3, 0.4) is 0 Å². The third-order valence-corrected chi connectivity index (χ3v) is 5.30. The zero-order valence-electron chi connectivity index (χ0n) is 15.5. The van der Waals surface area contributed by atoms with Crippen LogP contribution in [0.1, 0.15) is 45.9 Å². The summed E-state index contributed by atoms with van der Waals surface area (Å²) in [5, 5.41) is 11.9. The Morgan fingerprint density at radius 3 is 2.80 bits per heavy atom. The van der Waals surface area contributed by atoms with Crippen LogP contribution in [0.25, 0.3) is 0 Å². The van der Waals surface area contributed by atoms with Gasteiger partial charge in [-0.1, -0.05) is 29.3 Å². The lowest BCUT2D eigenvalue weighted by atomic mass is 10.1. The molecule has 1 aromatic heterocycles. The molecule has 0 unspecified atom stereocenters. The van der Waals surface area contributed by atoms with E-state index in [2.05, 4.69) is 21.4 Å². The van der Waals surface area contributed by atoms with Gasteiger partial charge in [-0.05, 0) is 48.6 Å². The normalized spacial score (nSPS) is 13.0. The average Bonchev–Trinajstić information content (AvgIpc) is 3.51. The Labute approximate surface area is 181 Å². The number of imidazole rings is 1. The van der Waals surface area contributed by atoms with Gasteiger partial charge in [0.25, 0.3) is 5.91 Å². The standard InChI is InChI=1S/C21H15Cl2FN4O2/c22-16-4-3-13(9-26-21(29)18-20(23)28-10-27-18)17(24)19(16)30-15-6-11(8-25)5-14(7-15)12-1-2-12/h3-7,10,12H,1-2,9H2,(H,26,29)(H,27,28). The molecule has 0 spiro atoms. The number of hydrogen-bond donors (Lipinski definition) is 2. The van der Waals surface area contributed by atoms with Crippen molar-refractivity contribution in [1.29, 1.82) is 5.26 Å². The van der Waals surface area contributed by atoms with E-state index in [0.29, 0.717) is 17.2 Å². The van der Waals surface area contributed by atoms with Crippen LogP contribution in [-0.2, 0) is 6.54 Å². The molecule has 1 aliphatic rings. The number of carbonyl (C=O) groups is 1. The molecule has 6 nitrogen and oxygen atoms in total. The van der Waals surface area contributed by atoms with Gasteiger partial charge >= 0.3 is 0 Å². The van der Waals surface area contributed by atoms with Crippen molar-refractivity contribution in [1.82, 2.24) is 15.3 Å². The highest BCUT2D eigenvalue weighted by molar-refractivity contribution is 6.32. The third-order valence-electron chi connectivity index (χ3n) is 4.72. The van der Waals surface area contributed by atoms with Gasteiger partial charge in [-0.3, -0.25) is 4.79 Å². The number of rotatable bonds is 6. The van der Waals surface area contributed by atoms with Gasteiger partial charge in [-0.2, -0.15) is 5.26 Å². The van der Waals surface area contributed by atoms with Gasteiger partial charge in [-0.15, -0.1) is 0 Å². The minimum absolute atomic E-state index is 0.0249. The van der Waals surface area contributed by atoms with E-state index in [1.807, 2.05) is 6.07 Å². The van der Waals surface area contributed by atoms with Crippen molar-refractivity contribution in [2.24, 2.45) is 0 Å². The van der Waals surface area contributed by atoms with Crippen molar-refractivity contribution >= 4 is 29.1 Å². The summed E-state index contributed by atoms with van der Waals surface area (Å²) in [5.41, 5.74) is 1.69. The molecule has 1 aliphatic carbocycles. The summed E-state index contributed by atoms with van der Waals surface area (Å²) in [7, 11) is 0. The molecule has 0 bridgehead atoms. The molecule has 1 amide bonds. The Morgan fingerprint density at radius 2 is 2.13 bits per heavy atom. The third kappa shape index (κ3) is 4.25. The van der Waals surface area contributed by atoms with E-state index in [1.165, 1.54) is 24.5 Å². The van der Waals surface area contributed by atoms with E-state index < -0.39 is 11.7 Å². The topological polar surface area (TPSA) is 90.8 Å². The predicted octanol–water partition coefficient (Wildman–Crippen LogP) is 5.33. The van der Waals surface area contributed by atoms with Crippen LogP contribution in [0, 0.1) is 17.1 Å². The molecule has 4 rings (SSSR count). The number of aromatic amines is 1. The summed E-state index contributed by atoms with van der Waals surface area (Å²) in [4.78, 5) is 18.5. The largest absolute Gasteiger partial charge is 0.453 e. The van der Waals surface area contributed by atoms with Crippen molar-refractivity contribution in [3.05, 3.63) is 75.0 Å². The molecule has 2 aromatic carbocycles. The Morgan fingerprint density at radius 1 is 1.33 bits per heavy atom. The fraction of sp³-hybridized carbons (Fsp3) is 0.190. The van der Waals surface area contributed by atoms with Crippen LogP contribution in [-0.4, -0.2) is 15.9 Å². The number of halogens is 3. The first-order valence-electron chi connectivity index (χ1n) is 9.13. The molecule has 1 fully saturated rings. The van der Waals surface area contributed by atoms with E-state index in [4.69, 9.17) is 27.9 Å². The average molecular weight is 445 g/mol.